The molecule has 2 aliphatic rings. The van der Waals surface area contributed by atoms with Gasteiger partial charge in [-0.05, 0) is 66.8 Å². The molecule has 3 aromatic carbocycles. The maximum absolute atomic E-state index is 11.7. The summed E-state index contributed by atoms with van der Waals surface area (Å²) in [5, 5.41) is 5.76. The fraction of sp³-hybridized carbons (Fsp3) is 0.387. The number of urea groups is 1. The summed E-state index contributed by atoms with van der Waals surface area (Å²) >= 11 is 0. The molecule has 0 aliphatic carbocycles. The third-order valence-corrected chi connectivity index (χ3v) is 7.59. The molecule has 0 aromatic heterocycles. The molecule has 2 atom stereocenters. The van der Waals surface area contributed by atoms with Crippen molar-refractivity contribution >= 4 is 11.7 Å². The van der Waals surface area contributed by atoms with Gasteiger partial charge in [0.2, 0.25) is 0 Å². The van der Waals surface area contributed by atoms with E-state index in [9.17, 15) is 4.79 Å². The summed E-state index contributed by atoms with van der Waals surface area (Å²) in [6.07, 6.45) is 5.44. The molecule has 2 amide bonds. The van der Waals surface area contributed by atoms with Gasteiger partial charge in [0.05, 0.1) is 0 Å². The summed E-state index contributed by atoms with van der Waals surface area (Å²) in [5.41, 5.74) is 8.81. The van der Waals surface area contributed by atoms with E-state index in [1.807, 2.05) is 6.92 Å². The zero-order chi connectivity index (χ0) is 24.0. The number of carbonyl (C=O) groups excluding carboxylic acids is 1. The lowest BCUT2D eigenvalue weighted by Crippen LogP contribution is -2.37. The second-order valence-electron chi connectivity index (χ2n) is 9.86. The normalized spacial score (nSPS) is 18.6. The number of benzene rings is 3. The second kappa shape index (κ2) is 11.0. The SMILES string of the molecule is CCNC(=O)NCCCCc1cc2c3c(c1)C(c1ccccc1)CCN3CCC2c1ccccc1. The van der Waals surface area contributed by atoms with Crippen molar-refractivity contribution in [1.82, 2.24) is 10.6 Å². The third-order valence-electron chi connectivity index (χ3n) is 7.59. The van der Waals surface area contributed by atoms with Gasteiger partial charge in [-0.15, -0.1) is 0 Å². The Hall–Kier alpha value is -3.27. The molecule has 35 heavy (non-hydrogen) atoms. The first kappa shape index (κ1) is 23.5. The van der Waals surface area contributed by atoms with Crippen molar-refractivity contribution in [2.75, 3.05) is 31.1 Å². The fourth-order valence-corrected chi connectivity index (χ4v) is 5.94. The average Bonchev–Trinajstić information content (AvgIpc) is 2.90. The van der Waals surface area contributed by atoms with Crippen molar-refractivity contribution in [3.05, 3.63) is 101 Å². The lowest BCUT2D eigenvalue weighted by Gasteiger charge is -2.43. The number of nitrogens with zero attached hydrogens (tertiary/aromatic N) is 1. The molecule has 0 radical (unpaired) electrons. The molecule has 0 fully saturated rings. The second-order valence-corrected chi connectivity index (χ2v) is 9.86. The number of unbranched alkanes of at least 4 members (excludes halogenated alkanes) is 1. The highest BCUT2D eigenvalue weighted by atomic mass is 16.2. The van der Waals surface area contributed by atoms with Gasteiger partial charge in [-0.25, -0.2) is 4.79 Å². The lowest BCUT2D eigenvalue weighted by molar-refractivity contribution is 0.241. The Kier molecular flexibility index (Phi) is 7.37. The van der Waals surface area contributed by atoms with Crippen LogP contribution in [-0.2, 0) is 6.42 Å². The number of hydrogen-bond acceptors (Lipinski definition) is 2. The van der Waals surface area contributed by atoms with Gasteiger partial charge < -0.3 is 15.5 Å². The average molecular weight is 468 g/mol. The molecule has 2 unspecified atom stereocenters. The van der Waals surface area contributed by atoms with E-state index in [4.69, 9.17) is 0 Å². The quantitative estimate of drug-likeness (QED) is 0.387. The van der Waals surface area contributed by atoms with Crippen LogP contribution < -0.4 is 15.5 Å². The topological polar surface area (TPSA) is 44.4 Å². The number of nitrogens with one attached hydrogen (secondary N) is 2. The first-order valence-electron chi connectivity index (χ1n) is 13.3. The van der Waals surface area contributed by atoms with Crippen molar-refractivity contribution in [2.45, 2.75) is 50.9 Å². The first-order valence-corrected chi connectivity index (χ1v) is 13.3. The smallest absolute Gasteiger partial charge is 0.314 e. The predicted molar refractivity (Wildman–Crippen MR) is 144 cm³/mol. The van der Waals surface area contributed by atoms with E-state index in [0.717, 1.165) is 38.9 Å². The van der Waals surface area contributed by atoms with Crippen LogP contribution in [0.4, 0.5) is 10.5 Å². The number of amides is 2. The Morgan fingerprint density at radius 3 is 1.94 bits per heavy atom. The maximum Gasteiger partial charge on any atom is 0.314 e. The number of rotatable bonds is 8. The summed E-state index contributed by atoms with van der Waals surface area (Å²) in [5.74, 6) is 0.908. The summed E-state index contributed by atoms with van der Waals surface area (Å²) in [7, 11) is 0. The van der Waals surface area contributed by atoms with E-state index in [0.29, 0.717) is 18.4 Å². The Labute approximate surface area is 209 Å². The summed E-state index contributed by atoms with van der Waals surface area (Å²) in [6, 6.07) is 27.0. The highest BCUT2D eigenvalue weighted by molar-refractivity contribution is 5.73. The van der Waals surface area contributed by atoms with Crippen LogP contribution in [0.15, 0.2) is 72.8 Å². The molecule has 2 N–H and O–H groups in total. The van der Waals surface area contributed by atoms with Crippen LogP contribution >= 0.6 is 0 Å². The van der Waals surface area contributed by atoms with Crippen LogP contribution in [0.5, 0.6) is 0 Å². The summed E-state index contributed by atoms with van der Waals surface area (Å²) in [4.78, 5) is 14.3. The van der Waals surface area contributed by atoms with E-state index >= 15 is 0 Å². The minimum Gasteiger partial charge on any atom is -0.371 e. The van der Waals surface area contributed by atoms with Crippen LogP contribution in [0.3, 0.4) is 0 Å². The van der Waals surface area contributed by atoms with E-state index in [-0.39, 0.29) is 6.03 Å². The molecular weight excluding hydrogens is 430 g/mol. The van der Waals surface area contributed by atoms with Crippen molar-refractivity contribution in [2.24, 2.45) is 0 Å². The molecule has 182 valence electrons. The molecule has 0 saturated heterocycles. The van der Waals surface area contributed by atoms with E-state index in [2.05, 4.69) is 88.3 Å². The van der Waals surface area contributed by atoms with Gasteiger partial charge in [-0.2, -0.15) is 0 Å². The Balaban J connectivity index is 1.44. The van der Waals surface area contributed by atoms with Gasteiger partial charge in [0, 0.05) is 43.7 Å². The van der Waals surface area contributed by atoms with Crippen LogP contribution in [0.25, 0.3) is 0 Å². The van der Waals surface area contributed by atoms with Crippen LogP contribution in [0.2, 0.25) is 0 Å². The van der Waals surface area contributed by atoms with E-state index in [1.165, 1.54) is 46.3 Å². The van der Waals surface area contributed by atoms with Gasteiger partial charge in [0.25, 0.3) is 0 Å². The molecule has 0 saturated carbocycles. The number of anilines is 1. The largest absolute Gasteiger partial charge is 0.371 e. The Bertz CT molecular complexity index is 1060. The van der Waals surface area contributed by atoms with Gasteiger partial charge in [-0.3, -0.25) is 0 Å². The standard InChI is InChI=1S/C31H37N3O/c1-2-32-31(35)33-18-10-9-11-23-21-28-26(24-12-5-3-6-13-24)16-19-34-20-17-27(29(22-23)30(28)34)25-14-7-4-8-15-25/h3-8,12-15,21-22,26-27H,2,9-11,16-20H2,1H3,(H2,32,33,35). The molecular formula is C31H37N3O. The number of aryl methyl sites for hydroxylation is 1. The summed E-state index contributed by atoms with van der Waals surface area (Å²) in [6.45, 7) is 5.58. The molecule has 4 heteroatoms. The third kappa shape index (κ3) is 5.22. The van der Waals surface area contributed by atoms with Crippen molar-refractivity contribution in [3.63, 3.8) is 0 Å². The fourth-order valence-electron chi connectivity index (χ4n) is 5.94. The molecule has 2 aliphatic heterocycles. The molecule has 5 rings (SSSR count). The van der Waals surface area contributed by atoms with Gasteiger partial charge >= 0.3 is 6.03 Å². The summed E-state index contributed by atoms with van der Waals surface area (Å²) < 4.78 is 0. The monoisotopic (exact) mass is 467 g/mol. The van der Waals surface area contributed by atoms with Crippen molar-refractivity contribution in [1.29, 1.82) is 0 Å². The molecule has 4 nitrogen and oxygen atoms in total. The highest BCUT2D eigenvalue weighted by Gasteiger charge is 2.34. The Morgan fingerprint density at radius 1 is 0.829 bits per heavy atom. The van der Waals surface area contributed by atoms with Gasteiger partial charge in [0.15, 0.2) is 0 Å². The van der Waals surface area contributed by atoms with Crippen LogP contribution in [-0.4, -0.2) is 32.2 Å². The van der Waals surface area contributed by atoms with Gasteiger partial charge in [-0.1, -0.05) is 72.8 Å². The first-order chi connectivity index (χ1) is 17.2. The Morgan fingerprint density at radius 2 is 1.40 bits per heavy atom. The molecule has 0 spiro atoms. The zero-order valence-corrected chi connectivity index (χ0v) is 20.8. The molecule has 0 bridgehead atoms. The minimum absolute atomic E-state index is 0.0674. The number of carbonyl (C=O) groups is 1. The van der Waals surface area contributed by atoms with Crippen molar-refractivity contribution in [3.8, 4) is 0 Å². The van der Waals surface area contributed by atoms with Crippen molar-refractivity contribution < 1.29 is 4.79 Å². The van der Waals surface area contributed by atoms with E-state index in [1.54, 1.807) is 0 Å². The lowest BCUT2D eigenvalue weighted by atomic mass is 9.75. The van der Waals surface area contributed by atoms with Crippen LogP contribution in [0, 0.1) is 0 Å². The molecule has 2 heterocycles. The zero-order valence-electron chi connectivity index (χ0n) is 20.8. The minimum atomic E-state index is -0.0674. The van der Waals surface area contributed by atoms with Gasteiger partial charge in [0.1, 0.15) is 0 Å². The highest BCUT2D eigenvalue weighted by Crippen LogP contribution is 2.48. The number of hydrogen-bond donors (Lipinski definition) is 2. The predicted octanol–water partition coefficient (Wildman–Crippen LogP) is 6.21. The van der Waals surface area contributed by atoms with Crippen LogP contribution in [0.1, 0.15) is 72.3 Å². The van der Waals surface area contributed by atoms with E-state index < -0.39 is 0 Å². The maximum atomic E-state index is 11.7. The molecule has 3 aromatic rings.